The molecule has 0 bridgehead atoms. The van der Waals surface area contributed by atoms with Crippen molar-refractivity contribution in [2.75, 3.05) is 19.7 Å². The van der Waals surface area contributed by atoms with Gasteiger partial charge in [0.1, 0.15) is 5.75 Å². The second kappa shape index (κ2) is 8.55. The van der Waals surface area contributed by atoms with Gasteiger partial charge in [-0.25, -0.2) is 0 Å². The first-order chi connectivity index (χ1) is 10.3. The molecule has 0 radical (unpaired) electrons. The minimum absolute atomic E-state index is 0.745. The average molecular weight is 289 g/mol. The Morgan fingerprint density at radius 3 is 3.00 bits per heavy atom. The van der Waals surface area contributed by atoms with Gasteiger partial charge in [-0.2, -0.15) is 0 Å². The third-order valence-corrected chi connectivity index (χ3v) is 3.57. The van der Waals surface area contributed by atoms with Gasteiger partial charge in [-0.1, -0.05) is 31.9 Å². The highest BCUT2D eigenvalue weighted by molar-refractivity contribution is 5.80. The molecule has 0 aromatic heterocycles. The highest BCUT2D eigenvalue weighted by atomic mass is 16.5. The van der Waals surface area contributed by atoms with Gasteiger partial charge >= 0.3 is 0 Å². The van der Waals surface area contributed by atoms with Crippen molar-refractivity contribution in [3.8, 4) is 5.75 Å². The number of benzene rings is 1. The maximum absolute atomic E-state index is 5.96. The highest BCUT2D eigenvalue weighted by Crippen LogP contribution is 2.20. The van der Waals surface area contributed by atoms with Gasteiger partial charge in [-0.05, 0) is 31.4 Å². The van der Waals surface area contributed by atoms with Crippen molar-refractivity contribution >= 4 is 5.96 Å². The van der Waals surface area contributed by atoms with Crippen LogP contribution in [0.4, 0.5) is 0 Å². The lowest BCUT2D eigenvalue weighted by atomic mass is 10.1. The summed E-state index contributed by atoms with van der Waals surface area (Å²) in [5.74, 6) is 1.90. The van der Waals surface area contributed by atoms with Gasteiger partial charge in [-0.15, -0.1) is 0 Å². The van der Waals surface area contributed by atoms with Crippen LogP contribution >= 0.6 is 0 Å². The zero-order valence-electron chi connectivity index (χ0n) is 13.2. The van der Waals surface area contributed by atoms with Crippen LogP contribution in [-0.4, -0.2) is 25.7 Å². The maximum Gasteiger partial charge on any atom is 0.191 e. The number of rotatable bonds is 7. The van der Waals surface area contributed by atoms with Crippen molar-refractivity contribution in [2.45, 2.75) is 46.1 Å². The molecule has 116 valence electrons. The Balaban J connectivity index is 1.92. The van der Waals surface area contributed by atoms with Gasteiger partial charge in [-0.3, -0.25) is 4.99 Å². The fraction of sp³-hybridized carbons (Fsp3) is 0.588. The lowest BCUT2D eigenvalue weighted by Gasteiger charge is -2.18. The molecule has 0 aliphatic carbocycles. The zero-order valence-corrected chi connectivity index (χ0v) is 13.2. The molecule has 4 nitrogen and oxygen atoms in total. The summed E-state index contributed by atoms with van der Waals surface area (Å²) < 4.78 is 5.96. The summed E-state index contributed by atoms with van der Waals surface area (Å²) in [5, 5.41) is 6.64. The molecule has 2 rings (SSSR count). The molecule has 1 aromatic rings. The molecule has 0 atom stereocenters. The third kappa shape index (κ3) is 5.29. The van der Waals surface area contributed by atoms with E-state index in [0.717, 1.165) is 50.8 Å². The highest BCUT2D eigenvalue weighted by Gasteiger charge is 2.07. The molecule has 21 heavy (non-hydrogen) atoms. The van der Waals surface area contributed by atoms with Crippen LogP contribution in [0.25, 0.3) is 0 Å². The molecule has 0 spiro atoms. The topological polar surface area (TPSA) is 45.6 Å². The average Bonchev–Trinajstić information content (AvgIpc) is 2.52. The molecule has 4 heteroatoms. The van der Waals surface area contributed by atoms with E-state index in [1.165, 1.54) is 24.0 Å². The Kier molecular flexibility index (Phi) is 6.38. The van der Waals surface area contributed by atoms with Crippen molar-refractivity contribution in [3.05, 3.63) is 29.3 Å². The molecule has 1 heterocycles. The van der Waals surface area contributed by atoms with Crippen LogP contribution in [0.5, 0.6) is 5.75 Å². The summed E-state index contributed by atoms with van der Waals surface area (Å²) in [5.41, 5.74) is 2.42. The van der Waals surface area contributed by atoms with Crippen LogP contribution in [0.15, 0.2) is 23.2 Å². The second-order valence-corrected chi connectivity index (χ2v) is 5.53. The van der Waals surface area contributed by atoms with Crippen LogP contribution in [0.3, 0.4) is 0 Å². The lowest BCUT2D eigenvalue weighted by molar-refractivity contribution is 0.303. The Morgan fingerprint density at radius 2 is 2.24 bits per heavy atom. The van der Waals surface area contributed by atoms with Crippen molar-refractivity contribution < 1.29 is 4.74 Å². The first-order valence-electron chi connectivity index (χ1n) is 8.04. The number of aliphatic imine (C=N–C) groups is 1. The molecule has 0 unspecified atom stereocenters. The van der Waals surface area contributed by atoms with Gasteiger partial charge in [0.15, 0.2) is 5.96 Å². The van der Waals surface area contributed by atoms with Crippen LogP contribution in [0.2, 0.25) is 0 Å². The van der Waals surface area contributed by atoms with Crippen molar-refractivity contribution in [1.29, 1.82) is 0 Å². The number of nitrogens with one attached hydrogen (secondary N) is 2. The summed E-state index contributed by atoms with van der Waals surface area (Å²) in [6, 6.07) is 6.39. The second-order valence-electron chi connectivity index (χ2n) is 5.53. The summed E-state index contributed by atoms with van der Waals surface area (Å²) in [6.07, 6.45) is 4.67. The lowest BCUT2D eigenvalue weighted by Crippen LogP contribution is -2.40. The fourth-order valence-corrected chi connectivity index (χ4v) is 2.31. The van der Waals surface area contributed by atoms with E-state index in [1.807, 2.05) is 0 Å². The van der Waals surface area contributed by atoms with Crippen molar-refractivity contribution in [2.24, 2.45) is 4.99 Å². The summed E-state index contributed by atoms with van der Waals surface area (Å²) in [7, 11) is 0. The van der Waals surface area contributed by atoms with Crippen molar-refractivity contribution in [3.63, 3.8) is 0 Å². The van der Waals surface area contributed by atoms with Gasteiger partial charge in [0, 0.05) is 25.2 Å². The van der Waals surface area contributed by atoms with E-state index in [1.54, 1.807) is 0 Å². The summed E-state index contributed by atoms with van der Waals surface area (Å²) >= 11 is 0. The van der Waals surface area contributed by atoms with Crippen LogP contribution in [0, 0.1) is 6.92 Å². The number of aryl methyl sites for hydroxylation is 1. The van der Waals surface area contributed by atoms with Gasteiger partial charge in [0.05, 0.1) is 6.61 Å². The molecule has 2 N–H and O–H groups in total. The molecule has 0 amide bonds. The van der Waals surface area contributed by atoms with E-state index in [-0.39, 0.29) is 0 Å². The van der Waals surface area contributed by atoms with E-state index in [0.29, 0.717) is 0 Å². The van der Waals surface area contributed by atoms with E-state index >= 15 is 0 Å². The largest absolute Gasteiger partial charge is 0.493 e. The first kappa shape index (κ1) is 15.7. The van der Waals surface area contributed by atoms with Gasteiger partial charge < -0.3 is 15.4 Å². The minimum Gasteiger partial charge on any atom is -0.493 e. The number of unbranched alkanes of at least 4 members (excludes halogenated alkanes) is 2. The summed E-state index contributed by atoms with van der Waals surface area (Å²) in [6.45, 7) is 7.76. The molecule has 0 saturated carbocycles. The molecule has 1 aliphatic heterocycles. The number of guanidine groups is 1. The van der Waals surface area contributed by atoms with E-state index in [4.69, 9.17) is 4.74 Å². The molecular weight excluding hydrogens is 262 g/mol. The fourth-order valence-electron chi connectivity index (χ4n) is 2.31. The minimum atomic E-state index is 0.745. The predicted molar refractivity (Wildman–Crippen MR) is 88.0 cm³/mol. The first-order valence-corrected chi connectivity index (χ1v) is 8.04. The van der Waals surface area contributed by atoms with Crippen LogP contribution in [-0.2, 0) is 6.54 Å². The predicted octanol–water partition coefficient (Wildman–Crippen LogP) is 3.00. The van der Waals surface area contributed by atoms with Gasteiger partial charge in [0.2, 0.25) is 0 Å². The zero-order chi connectivity index (χ0) is 14.9. The van der Waals surface area contributed by atoms with E-state index in [9.17, 15) is 0 Å². The van der Waals surface area contributed by atoms with E-state index < -0.39 is 0 Å². The molecule has 0 fully saturated rings. The summed E-state index contributed by atoms with van der Waals surface area (Å²) in [4.78, 5) is 4.43. The third-order valence-electron chi connectivity index (χ3n) is 3.57. The normalized spacial score (nSPS) is 14.3. The number of hydrogen-bond acceptors (Lipinski definition) is 4. The number of ether oxygens (including phenoxy) is 1. The monoisotopic (exact) mass is 289 g/mol. The Morgan fingerprint density at radius 1 is 1.33 bits per heavy atom. The van der Waals surface area contributed by atoms with Crippen LogP contribution in [0.1, 0.15) is 43.7 Å². The Bertz CT molecular complexity index is 471. The number of nitrogens with zero attached hydrogens (tertiary/aromatic N) is 1. The van der Waals surface area contributed by atoms with E-state index in [2.05, 4.69) is 47.7 Å². The SMILES string of the molecule is CCCCCOc1cc(C)ccc1CNC1=NCCCN1. The maximum atomic E-state index is 5.96. The molecular formula is C17H27N3O. The van der Waals surface area contributed by atoms with Crippen molar-refractivity contribution in [1.82, 2.24) is 10.6 Å². The molecule has 1 aromatic carbocycles. The molecule has 0 saturated heterocycles. The van der Waals surface area contributed by atoms with Gasteiger partial charge in [0.25, 0.3) is 0 Å². The Labute approximate surface area is 128 Å². The molecule has 1 aliphatic rings. The number of hydrogen-bond donors (Lipinski definition) is 2. The van der Waals surface area contributed by atoms with Crippen LogP contribution < -0.4 is 15.4 Å². The quantitative estimate of drug-likeness (QED) is 0.759. The standard InChI is InChI=1S/C17H27N3O/c1-3-4-5-11-21-16-12-14(2)7-8-15(16)13-20-17-18-9-6-10-19-17/h7-8,12H,3-6,9-11,13H2,1-2H3,(H2,18,19,20). The smallest absolute Gasteiger partial charge is 0.191 e. The Hall–Kier alpha value is -1.71.